The number of carbonyl (C=O) groups excluding carboxylic acids is 2. The van der Waals surface area contributed by atoms with Crippen molar-refractivity contribution in [3.05, 3.63) is 129 Å². The number of carbonyl (C=O) groups is 2. The van der Waals surface area contributed by atoms with Crippen LogP contribution in [0.4, 0.5) is 5.69 Å². The fraction of sp³-hybridized carbons (Fsp3) is 0.257. The fourth-order valence-corrected chi connectivity index (χ4v) is 6.74. The molecule has 0 spiro atoms. The minimum Gasteiger partial charge on any atom is -0.352 e. The van der Waals surface area contributed by atoms with Crippen LogP contribution in [-0.2, 0) is 32.6 Å². The van der Waals surface area contributed by atoms with Gasteiger partial charge in [-0.2, -0.15) is 0 Å². The van der Waals surface area contributed by atoms with Crippen molar-refractivity contribution in [1.82, 2.24) is 10.2 Å². The van der Waals surface area contributed by atoms with Gasteiger partial charge in [0.05, 0.1) is 20.6 Å². The summed E-state index contributed by atoms with van der Waals surface area (Å²) >= 11 is 18.8. The average Bonchev–Trinajstić information content (AvgIpc) is 3.03. The number of benzene rings is 4. The lowest BCUT2D eigenvalue weighted by Crippen LogP contribution is -2.54. The van der Waals surface area contributed by atoms with Gasteiger partial charge in [-0.25, -0.2) is 8.42 Å². The highest BCUT2D eigenvalue weighted by Gasteiger charge is 2.35. The van der Waals surface area contributed by atoms with Crippen molar-refractivity contribution < 1.29 is 18.0 Å². The maximum absolute atomic E-state index is 14.5. The van der Waals surface area contributed by atoms with Crippen LogP contribution in [0.2, 0.25) is 15.1 Å². The molecule has 1 N–H and O–H groups in total. The molecule has 242 valence electrons. The number of sulfonamides is 1. The Labute approximate surface area is 286 Å². The number of halogens is 3. The van der Waals surface area contributed by atoms with Gasteiger partial charge in [-0.05, 0) is 73.9 Å². The van der Waals surface area contributed by atoms with Gasteiger partial charge in [0.2, 0.25) is 11.8 Å². The molecular weight excluding hydrogens is 665 g/mol. The maximum Gasteiger partial charge on any atom is 0.264 e. The summed E-state index contributed by atoms with van der Waals surface area (Å²) in [5.74, 6) is -0.954. The van der Waals surface area contributed by atoms with Crippen LogP contribution in [0, 0.1) is 6.92 Å². The molecule has 2 amide bonds. The van der Waals surface area contributed by atoms with E-state index < -0.39 is 28.5 Å². The van der Waals surface area contributed by atoms with Gasteiger partial charge in [-0.15, -0.1) is 0 Å². The Balaban J connectivity index is 1.82. The van der Waals surface area contributed by atoms with Crippen molar-refractivity contribution in [3.63, 3.8) is 0 Å². The summed E-state index contributed by atoms with van der Waals surface area (Å²) in [4.78, 5) is 29.9. The van der Waals surface area contributed by atoms with Crippen LogP contribution < -0.4 is 9.62 Å². The zero-order valence-electron chi connectivity index (χ0n) is 25.8. The third kappa shape index (κ3) is 9.04. The third-order valence-electron chi connectivity index (χ3n) is 7.59. The molecule has 0 unspecified atom stereocenters. The minimum atomic E-state index is -4.24. The van der Waals surface area contributed by atoms with Crippen LogP contribution >= 0.6 is 34.8 Å². The number of hydrogen-bond acceptors (Lipinski definition) is 4. The summed E-state index contributed by atoms with van der Waals surface area (Å²) in [6.07, 6.45) is 0.875. The summed E-state index contributed by atoms with van der Waals surface area (Å²) in [6, 6.07) is 25.9. The lowest BCUT2D eigenvalue weighted by molar-refractivity contribution is -0.140. The molecule has 0 aliphatic heterocycles. The van der Waals surface area contributed by atoms with E-state index in [4.69, 9.17) is 34.8 Å². The Morgan fingerprint density at radius 3 is 2.15 bits per heavy atom. The zero-order chi connectivity index (χ0) is 33.4. The summed E-state index contributed by atoms with van der Waals surface area (Å²) in [7, 11) is -4.24. The fourth-order valence-electron chi connectivity index (χ4n) is 4.83. The van der Waals surface area contributed by atoms with Crippen LogP contribution in [-0.4, -0.2) is 43.8 Å². The van der Waals surface area contributed by atoms with Gasteiger partial charge in [0.1, 0.15) is 12.6 Å². The number of anilines is 1. The highest BCUT2D eigenvalue weighted by Crippen LogP contribution is 2.28. The molecule has 0 fully saturated rings. The smallest absolute Gasteiger partial charge is 0.264 e. The monoisotopic (exact) mass is 699 g/mol. The number of nitrogens with zero attached hydrogens (tertiary/aromatic N) is 2. The summed E-state index contributed by atoms with van der Waals surface area (Å²) in [5, 5.41) is 3.95. The number of nitrogens with one attached hydrogen (secondary N) is 1. The van der Waals surface area contributed by atoms with Crippen molar-refractivity contribution in [3.8, 4) is 0 Å². The standard InChI is InChI=1S/C35H36Cl3N3O4S/c1-4-25(3)39-35(43)33(20-26-9-6-5-7-10-26)40(22-27-15-18-31(37)32(38)19-27)34(42)23-41(29-12-8-11-28(36)21-29)46(44,45)30-16-13-24(2)14-17-30/h5-19,21,25,33H,4,20,22-23H2,1-3H3,(H,39,43)/t25-,33+/m0/s1. The van der Waals surface area contributed by atoms with Crippen LogP contribution in [0.1, 0.15) is 37.0 Å². The highest BCUT2D eigenvalue weighted by atomic mass is 35.5. The molecule has 0 aromatic heterocycles. The number of rotatable bonds is 13. The van der Waals surface area contributed by atoms with Gasteiger partial charge in [0.15, 0.2) is 0 Å². The zero-order valence-corrected chi connectivity index (χ0v) is 28.9. The van der Waals surface area contributed by atoms with Crippen molar-refractivity contribution in [2.24, 2.45) is 0 Å². The lowest BCUT2D eigenvalue weighted by Gasteiger charge is -2.34. The summed E-state index contributed by atoms with van der Waals surface area (Å²) in [5.41, 5.74) is 2.54. The molecule has 0 radical (unpaired) electrons. The van der Waals surface area contributed by atoms with Crippen LogP contribution in [0.3, 0.4) is 0 Å². The van der Waals surface area contributed by atoms with Gasteiger partial charge >= 0.3 is 0 Å². The van der Waals surface area contributed by atoms with Gasteiger partial charge in [-0.3, -0.25) is 13.9 Å². The highest BCUT2D eigenvalue weighted by molar-refractivity contribution is 7.92. The second-order valence-electron chi connectivity index (χ2n) is 11.1. The van der Waals surface area contributed by atoms with E-state index >= 15 is 0 Å². The van der Waals surface area contributed by atoms with E-state index in [0.717, 1.165) is 15.4 Å². The molecule has 0 aliphatic carbocycles. The second kappa shape index (κ2) is 15.8. The summed E-state index contributed by atoms with van der Waals surface area (Å²) < 4.78 is 29.3. The van der Waals surface area contributed by atoms with Crippen LogP contribution in [0.5, 0.6) is 0 Å². The number of amides is 2. The van der Waals surface area contributed by atoms with Crippen molar-refractivity contribution >= 4 is 62.3 Å². The first-order valence-electron chi connectivity index (χ1n) is 14.8. The SMILES string of the molecule is CC[C@H](C)NC(=O)[C@@H](Cc1ccccc1)N(Cc1ccc(Cl)c(Cl)c1)C(=O)CN(c1cccc(Cl)c1)S(=O)(=O)c1ccc(C)cc1. The Hall–Kier alpha value is -3.56. The molecule has 4 aromatic carbocycles. The Morgan fingerprint density at radius 2 is 1.52 bits per heavy atom. The lowest BCUT2D eigenvalue weighted by atomic mass is 10.0. The first kappa shape index (κ1) is 35.3. The molecule has 0 heterocycles. The van der Waals surface area contributed by atoms with Gasteiger partial charge in [0, 0.05) is 24.0 Å². The van der Waals surface area contributed by atoms with E-state index in [1.807, 2.05) is 51.1 Å². The molecule has 4 aromatic rings. The van der Waals surface area contributed by atoms with E-state index in [1.165, 1.54) is 23.1 Å². The number of aryl methyl sites for hydroxylation is 1. The van der Waals surface area contributed by atoms with Gasteiger partial charge in [-0.1, -0.05) is 102 Å². The molecule has 4 rings (SSSR count). The molecule has 0 saturated carbocycles. The predicted octanol–water partition coefficient (Wildman–Crippen LogP) is 7.71. The Kier molecular flexibility index (Phi) is 12.1. The third-order valence-corrected chi connectivity index (χ3v) is 10.4. The van der Waals surface area contributed by atoms with Crippen LogP contribution in [0.15, 0.2) is 102 Å². The van der Waals surface area contributed by atoms with E-state index in [-0.39, 0.29) is 40.5 Å². The largest absolute Gasteiger partial charge is 0.352 e. The maximum atomic E-state index is 14.5. The van der Waals surface area contributed by atoms with Gasteiger partial charge < -0.3 is 10.2 Å². The Morgan fingerprint density at radius 1 is 0.826 bits per heavy atom. The molecular formula is C35H36Cl3N3O4S. The van der Waals surface area contributed by atoms with E-state index in [2.05, 4.69) is 5.32 Å². The van der Waals surface area contributed by atoms with Crippen LogP contribution in [0.25, 0.3) is 0 Å². The predicted molar refractivity (Wildman–Crippen MR) is 186 cm³/mol. The van der Waals surface area contributed by atoms with Crippen molar-refractivity contribution in [2.75, 3.05) is 10.8 Å². The second-order valence-corrected chi connectivity index (χ2v) is 14.2. The van der Waals surface area contributed by atoms with E-state index in [0.29, 0.717) is 22.0 Å². The molecule has 46 heavy (non-hydrogen) atoms. The quantitative estimate of drug-likeness (QED) is 0.155. The van der Waals surface area contributed by atoms with Gasteiger partial charge in [0.25, 0.3) is 10.0 Å². The first-order valence-corrected chi connectivity index (χ1v) is 17.4. The molecule has 11 heteroatoms. The summed E-state index contributed by atoms with van der Waals surface area (Å²) in [6.45, 7) is 5.06. The molecule has 2 atom stereocenters. The molecule has 7 nitrogen and oxygen atoms in total. The first-order chi connectivity index (χ1) is 21.9. The van der Waals surface area contributed by atoms with Crippen molar-refractivity contribution in [1.29, 1.82) is 0 Å². The Bertz CT molecular complexity index is 1770. The minimum absolute atomic E-state index is 0.0113. The average molecular weight is 701 g/mol. The topological polar surface area (TPSA) is 86.8 Å². The number of hydrogen-bond donors (Lipinski definition) is 1. The molecule has 0 saturated heterocycles. The normalized spacial score (nSPS) is 12.7. The molecule has 0 bridgehead atoms. The molecule has 0 aliphatic rings. The van der Waals surface area contributed by atoms with E-state index in [1.54, 1.807) is 48.5 Å². The van der Waals surface area contributed by atoms with Crippen molar-refractivity contribution in [2.45, 2.75) is 57.1 Å². The van der Waals surface area contributed by atoms with E-state index in [9.17, 15) is 18.0 Å².